The van der Waals surface area contributed by atoms with E-state index in [9.17, 15) is 9.59 Å². The Kier molecular flexibility index (Phi) is 11.6. The zero-order valence-corrected chi connectivity index (χ0v) is 18.9. The van der Waals surface area contributed by atoms with Crippen molar-refractivity contribution >= 4 is 11.8 Å². The lowest BCUT2D eigenvalue weighted by Crippen LogP contribution is -2.51. The third-order valence-corrected chi connectivity index (χ3v) is 5.69. The molecule has 7 heteroatoms. The second kappa shape index (κ2) is 14.2. The van der Waals surface area contributed by atoms with Gasteiger partial charge in [0.1, 0.15) is 6.04 Å². The number of nitrogens with zero attached hydrogens (tertiary/aromatic N) is 3. The SMILES string of the molecule is CCCCN(C(=O)CCCN1C=CC=CC1)C(CC)C(=O)NCCN1CCOCC1. The molecule has 7 nitrogen and oxygen atoms in total. The summed E-state index contributed by atoms with van der Waals surface area (Å²) in [6, 6.07) is -0.383. The Labute approximate surface area is 182 Å². The van der Waals surface area contributed by atoms with Gasteiger partial charge in [0.25, 0.3) is 0 Å². The molecule has 1 unspecified atom stereocenters. The van der Waals surface area contributed by atoms with Gasteiger partial charge < -0.3 is 19.9 Å². The van der Waals surface area contributed by atoms with Gasteiger partial charge in [0, 0.05) is 52.2 Å². The maximum Gasteiger partial charge on any atom is 0.242 e. The summed E-state index contributed by atoms with van der Waals surface area (Å²) in [5, 5.41) is 3.06. The van der Waals surface area contributed by atoms with Crippen LogP contribution in [0.1, 0.15) is 46.0 Å². The van der Waals surface area contributed by atoms with Gasteiger partial charge in [-0.3, -0.25) is 14.5 Å². The zero-order chi connectivity index (χ0) is 21.6. The molecule has 0 saturated carbocycles. The van der Waals surface area contributed by atoms with Crippen LogP contribution < -0.4 is 5.32 Å². The number of carbonyl (C=O) groups excluding carboxylic acids is 2. The van der Waals surface area contributed by atoms with Crippen LogP contribution in [0.2, 0.25) is 0 Å². The summed E-state index contributed by atoms with van der Waals surface area (Å²) in [7, 11) is 0. The number of hydrogen-bond donors (Lipinski definition) is 1. The van der Waals surface area contributed by atoms with Crippen molar-refractivity contribution in [2.45, 2.75) is 52.0 Å². The van der Waals surface area contributed by atoms with Gasteiger partial charge >= 0.3 is 0 Å². The summed E-state index contributed by atoms with van der Waals surface area (Å²) in [6.45, 7) is 11.3. The number of amides is 2. The van der Waals surface area contributed by atoms with Crippen molar-refractivity contribution in [2.24, 2.45) is 0 Å². The lowest BCUT2D eigenvalue weighted by molar-refractivity contribution is -0.141. The van der Waals surface area contributed by atoms with E-state index in [1.807, 2.05) is 24.0 Å². The summed E-state index contributed by atoms with van der Waals surface area (Å²) in [5.74, 6) is 0.0643. The van der Waals surface area contributed by atoms with Gasteiger partial charge in [-0.05, 0) is 31.5 Å². The number of morpholine rings is 1. The molecule has 1 atom stereocenters. The molecule has 0 radical (unpaired) electrons. The maximum atomic E-state index is 13.0. The Morgan fingerprint density at radius 2 is 1.93 bits per heavy atom. The number of unbranched alkanes of at least 4 members (excludes halogenated alkanes) is 1. The monoisotopic (exact) mass is 420 g/mol. The molecular weight excluding hydrogens is 380 g/mol. The van der Waals surface area contributed by atoms with Crippen LogP contribution in [0.25, 0.3) is 0 Å². The number of carbonyl (C=O) groups is 2. The molecule has 2 amide bonds. The van der Waals surface area contributed by atoms with E-state index in [0.717, 1.165) is 65.2 Å². The van der Waals surface area contributed by atoms with Crippen LogP contribution in [0.4, 0.5) is 0 Å². The van der Waals surface area contributed by atoms with Crippen LogP contribution in [-0.2, 0) is 14.3 Å². The molecule has 2 aliphatic heterocycles. The van der Waals surface area contributed by atoms with E-state index in [0.29, 0.717) is 25.9 Å². The fourth-order valence-corrected chi connectivity index (χ4v) is 3.86. The van der Waals surface area contributed by atoms with E-state index in [1.165, 1.54) is 0 Å². The Morgan fingerprint density at radius 3 is 2.60 bits per heavy atom. The summed E-state index contributed by atoms with van der Waals surface area (Å²) >= 11 is 0. The molecule has 0 aromatic heterocycles. The van der Waals surface area contributed by atoms with Crippen LogP contribution in [0, 0.1) is 0 Å². The van der Waals surface area contributed by atoms with Crippen LogP contribution in [-0.4, -0.2) is 91.6 Å². The van der Waals surface area contributed by atoms with Crippen LogP contribution >= 0.6 is 0 Å². The van der Waals surface area contributed by atoms with E-state index in [-0.39, 0.29) is 17.9 Å². The molecule has 1 saturated heterocycles. The highest BCUT2D eigenvalue weighted by Crippen LogP contribution is 2.12. The van der Waals surface area contributed by atoms with Crippen molar-refractivity contribution in [1.82, 2.24) is 20.0 Å². The van der Waals surface area contributed by atoms with E-state index < -0.39 is 0 Å². The highest BCUT2D eigenvalue weighted by Gasteiger charge is 2.27. The van der Waals surface area contributed by atoms with Gasteiger partial charge in [0.15, 0.2) is 0 Å². The van der Waals surface area contributed by atoms with Gasteiger partial charge in [0.2, 0.25) is 11.8 Å². The molecular formula is C23H40N4O3. The van der Waals surface area contributed by atoms with Crippen molar-refractivity contribution in [3.05, 3.63) is 24.4 Å². The Hall–Kier alpha value is -1.86. The lowest BCUT2D eigenvalue weighted by Gasteiger charge is -2.31. The summed E-state index contributed by atoms with van der Waals surface area (Å²) in [5.41, 5.74) is 0. The number of ether oxygens (including phenoxy) is 1. The Bertz CT molecular complexity index is 573. The smallest absolute Gasteiger partial charge is 0.242 e. The van der Waals surface area contributed by atoms with Gasteiger partial charge in [0.05, 0.1) is 13.2 Å². The first-order valence-corrected chi connectivity index (χ1v) is 11.6. The average molecular weight is 421 g/mol. The molecule has 2 heterocycles. The molecule has 0 aromatic carbocycles. The summed E-state index contributed by atoms with van der Waals surface area (Å²) in [6.07, 6.45) is 12.1. The first-order chi connectivity index (χ1) is 14.7. The topological polar surface area (TPSA) is 65.1 Å². The lowest BCUT2D eigenvalue weighted by atomic mass is 10.1. The molecule has 0 aliphatic carbocycles. The minimum Gasteiger partial charge on any atom is -0.379 e. The van der Waals surface area contributed by atoms with Gasteiger partial charge in [-0.1, -0.05) is 32.4 Å². The number of nitrogens with one attached hydrogen (secondary N) is 1. The predicted molar refractivity (Wildman–Crippen MR) is 120 cm³/mol. The van der Waals surface area contributed by atoms with Crippen molar-refractivity contribution in [3.63, 3.8) is 0 Å². The van der Waals surface area contributed by atoms with Crippen LogP contribution in [0.15, 0.2) is 24.4 Å². The van der Waals surface area contributed by atoms with Gasteiger partial charge in [-0.25, -0.2) is 0 Å². The maximum absolute atomic E-state index is 13.0. The van der Waals surface area contributed by atoms with E-state index in [2.05, 4.69) is 34.3 Å². The molecule has 0 bridgehead atoms. The predicted octanol–water partition coefficient (Wildman–Crippen LogP) is 2.01. The number of rotatable bonds is 13. The van der Waals surface area contributed by atoms with Gasteiger partial charge in [-0.2, -0.15) is 0 Å². The average Bonchev–Trinajstić information content (AvgIpc) is 2.78. The van der Waals surface area contributed by atoms with Crippen molar-refractivity contribution < 1.29 is 14.3 Å². The highest BCUT2D eigenvalue weighted by molar-refractivity contribution is 5.87. The third-order valence-electron chi connectivity index (χ3n) is 5.69. The van der Waals surface area contributed by atoms with E-state index in [4.69, 9.17) is 4.74 Å². The quantitative estimate of drug-likeness (QED) is 0.494. The molecule has 0 aromatic rings. The van der Waals surface area contributed by atoms with Crippen molar-refractivity contribution in [3.8, 4) is 0 Å². The minimum atomic E-state index is -0.383. The zero-order valence-electron chi connectivity index (χ0n) is 18.9. The first-order valence-electron chi connectivity index (χ1n) is 11.6. The fraction of sp³-hybridized carbons (Fsp3) is 0.739. The standard InChI is InChI=1S/C23H40N4O3/c1-3-5-15-27(22(28)10-9-14-25-12-7-6-8-13-25)21(4-2)23(29)24-11-16-26-17-19-30-20-18-26/h6-8,12,21H,3-5,9-11,13-20H2,1-2H3,(H,24,29). The van der Waals surface area contributed by atoms with E-state index in [1.54, 1.807) is 0 Å². The largest absolute Gasteiger partial charge is 0.379 e. The fourth-order valence-electron chi connectivity index (χ4n) is 3.86. The van der Waals surface area contributed by atoms with Crippen LogP contribution in [0.5, 0.6) is 0 Å². The van der Waals surface area contributed by atoms with Gasteiger partial charge in [-0.15, -0.1) is 0 Å². The van der Waals surface area contributed by atoms with Crippen molar-refractivity contribution in [1.29, 1.82) is 0 Å². The van der Waals surface area contributed by atoms with E-state index >= 15 is 0 Å². The van der Waals surface area contributed by atoms with Crippen LogP contribution in [0.3, 0.4) is 0 Å². The molecule has 0 spiro atoms. The summed E-state index contributed by atoms with van der Waals surface area (Å²) in [4.78, 5) is 32.2. The number of hydrogen-bond acceptors (Lipinski definition) is 5. The molecule has 2 rings (SSSR count). The molecule has 1 N–H and O–H groups in total. The Balaban J connectivity index is 1.82. The molecule has 1 fully saturated rings. The number of allylic oxidation sites excluding steroid dienone is 2. The minimum absolute atomic E-state index is 0.0284. The van der Waals surface area contributed by atoms with Crippen molar-refractivity contribution in [2.75, 3.05) is 59.0 Å². The molecule has 30 heavy (non-hydrogen) atoms. The highest BCUT2D eigenvalue weighted by atomic mass is 16.5. The molecule has 170 valence electrons. The third kappa shape index (κ3) is 8.48. The second-order valence-electron chi connectivity index (χ2n) is 7.98. The summed E-state index contributed by atoms with van der Waals surface area (Å²) < 4.78 is 5.37. The molecule has 2 aliphatic rings. The second-order valence-corrected chi connectivity index (χ2v) is 7.98. The first kappa shape index (κ1) is 24.4. The Morgan fingerprint density at radius 1 is 1.13 bits per heavy atom. The normalized spacial score (nSPS) is 17.7.